The van der Waals surface area contributed by atoms with E-state index < -0.39 is 52.4 Å². The second-order valence-electron chi connectivity index (χ2n) is 8.25. The molecule has 5 rings (SSSR count). The predicted octanol–water partition coefficient (Wildman–Crippen LogP) is 5.56. The Balaban J connectivity index is 1.70. The van der Waals surface area contributed by atoms with Crippen molar-refractivity contribution in [2.24, 2.45) is 0 Å². The summed E-state index contributed by atoms with van der Waals surface area (Å²) in [6.45, 7) is 0. The van der Waals surface area contributed by atoms with Crippen molar-refractivity contribution < 1.29 is 31.5 Å². The molecule has 1 aromatic heterocycles. The fourth-order valence-electron chi connectivity index (χ4n) is 4.28. The number of halogens is 6. The fourth-order valence-corrected chi connectivity index (χ4v) is 4.50. The van der Waals surface area contributed by atoms with Gasteiger partial charge in [0.15, 0.2) is 0 Å². The summed E-state index contributed by atoms with van der Waals surface area (Å²) in [5.41, 5.74) is -2.25. The molecule has 188 valence electrons. The molecule has 0 aliphatic carbocycles. The van der Waals surface area contributed by atoms with E-state index in [1.54, 1.807) is 0 Å². The second-order valence-corrected chi connectivity index (χ2v) is 8.66. The van der Waals surface area contributed by atoms with E-state index >= 15 is 0 Å². The van der Waals surface area contributed by atoms with E-state index in [2.05, 4.69) is 15.6 Å². The Bertz CT molecular complexity index is 1680. The molecule has 3 N–H and O–H groups in total. The minimum Gasteiger partial charge on any atom is -0.341 e. The molecule has 1 atom stereocenters. The topological polar surface area (TPSA) is 91.1 Å². The molecule has 0 bridgehead atoms. The first kappa shape index (κ1) is 24.4. The number of benzene rings is 3. The van der Waals surface area contributed by atoms with Gasteiger partial charge >= 0.3 is 6.18 Å². The Kier molecular flexibility index (Phi) is 5.75. The first-order chi connectivity index (χ1) is 17.4. The number of alkyl halides is 3. The number of rotatable bonds is 3. The van der Waals surface area contributed by atoms with E-state index in [0.29, 0.717) is 17.5 Å². The lowest BCUT2D eigenvalue weighted by molar-refractivity contribution is -0.137. The highest BCUT2D eigenvalue weighted by molar-refractivity contribution is 6.31. The lowest BCUT2D eigenvalue weighted by Gasteiger charge is -2.19. The third kappa shape index (κ3) is 4.42. The average Bonchev–Trinajstić information content (AvgIpc) is 3.17. The van der Waals surface area contributed by atoms with Crippen LogP contribution < -0.4 is 16.2 Å². The molecule has 1 aliphatic heterocycles. The normalized spacial score (nSPS) is 15.0. The van der Waals surface area contributed by atoms with Crippen LogP contribution in [0.2, 0.25) is 5.02 Å². The van der Waals surface area contributed by atoms with Crippen molar-refractivity contribution in [2.75, 3.05) is 5.32 Å². The van der Waals surface area contributed by atoms with E-state index in [1.165, 1.54) is 24.3 Å². The summed E-state index contributed by atoms with van der Waals surface area (Å²) >= 11 is 6.25. The molecular formula is C25H13ClF5N3O3. The van der Waals surface area contributed by atoms with Crippen molar-refractivity contribution in [3.05, 3.63) is 109 Å². The third-order valence-electron chi connectivity index (χ3n) is 5.86. The zero-order chi connectivity index (χ0) is 26.6. The van der Waals surface area contributed by atoms with Crippen LogP contribution in [-0.2, 0) is 6.18 Å². The number of amides is 2. The van der Waals surface area contributed by atoms with Gasteiger partial charge in [-0.3, -0.25) is 14.4 Å². The van der Waals surface area contributed by atoms with E-state index in [9.17, 15) is 36.3 Å². The molecule has 0 radical (unpaired) electrons. The molecule has 1 aliphatic rings. The smallest absolute Gasteiger partial charge is 0.341 e. The van der Waals surface area contributed by atoms with Crippen molar-refractivity contribution in [1.82, 2.24) is 10.3 Å². The molecule has 2 heterocycles. The van der Waals surface area contributed by atoms with Crippen molar-refractivity contribution in [1.29, 1.82) is 0 Å². The van der Waals surface area contributed by atoms with Gasteiger partial charge in [0, 0.05) is 38.9 Å². The molecule has 37 heavy (non-hydrogen) atoms. The van der Waals surface area contributed by atoms with Gasteiger partial charge in [0.25, 0.3) is 11.8 Å². The van der Waals surface area contributed by atoms with Gasteiger partial charge in [0.2, 0.25) is 5.56 Å². The largest absolute Gasteiger partial charge is 0.416 e. The molecule has 0 spiro atoms. The van der Waals surface area contributed by atoms with Crippen LogP contribution >= 0.6 is 11.6 Å². The quantitative estimate of drug-likeness (QED) is 0.301. The lowest BCUT2D eigenvalue weighted by Crippen LogP contribution is -2.21. The van der Waals surface area contributed by atoms with Crippen LogP contribution in [0.1, 0.15) is 43.4 Å². The number of pyridine rings is 1. The molecule has 0 saturated heterocycles. The van der Waals surface area contributed by atoms with E-state index in [-0.39, 0.29) is 39.0 Å². The summed E-state index contributed by atoms with van der Waals surface area (Å²) in [6, 6.07) is 7.67. The highest BCUT2D eigenvalue weighted by Gasteiger charge is 2.37. The Morgan fingerprint density at radius 1 is 0.946 bits per heavy atom. The number of aromatic amines is 1. The molecular weight excluding hydrogens is 521 g/mol. The van der Waals surface area contributed by atoms with Gasteiger partial charge in [-0.15, -0.1) is 0 Å². The van der Waals surface area contributed by atoms with Crippen molar-refractivity contribution in [3.63, 3.8) is 0 Å². The molecule has 0 saturated carbocycles. The molecule has 3 aromatic carbocycles. The van der Waals surface area contributed by atoms with Gasteiger partial charge in [-0.25, -0.2) is 8.78 Å². The Hall–Kier alpha value is -4.25. The summed E-state index contributed by atoms with van der Waals surface area (Å²) in [4.78, 5) is 40.5. The van der Waals surface area contributed by atoms with E-state index in [1.807, 2.05) is 0 Å². The number of fused-ring (bicyclic) bond motifs is 3. The summed E-state index contributed by atoms with van der Waals surface area (Å²) < 4.78 is 67.5. The number of aromatic nitrogens is 1. The van der Waals surface area contributed by atoms with Crippen molar-refractivity contribution >= 4 is 40.0 Å². The lowest BCUT2D eigenvalue weighted by atomic mass is 9.94. The van der Waals surface area contributed by atoms with E-state index in [4.69, 9.17) is 11.6 Å². The molecule has 4 aromatic rings. The first-order valence-corrected chi connectivity index (χ1v) is 10.9. The molecule has 2 amide bonds. The van der Waals surface area contributed by atoms with Crippen LogP contribution in [0.3, 0.4) is 0 Å². The van der Waals surface area contributed by atoms with Crippen LogP contribution in [0.4, 0.5) is 27.6 Å². The maximum Gasteiger partial charge on any atom is 0.416 e. The van der Waals surface area contributed by atoms with Crippen molar-refractivity contribution in [2.45, 2.75) is 12.2 Å². The monoisotopic (exact) mass is 533 g/mol. The molecule has 1 unspecified atom stereocenters. The van der Waals surface area contributed by atoms with Gasteiger partial charge in [-0.05, 0) is 48.5 Å². The highest BCUT2D eigenvalue weighted by Crippen LogP contribution is 2.42. The maximum absolute atomic E-state index is 14.1. The van der Waals surface area contributed by atoms with Crippen LogP contribution in [-0.4, -0.2) is 16.8 Å². The summed E-state index contributed by atoms with van der Waals surface area (Å²) in [7, 11) is 0. The third-order valence-corrected chi connectivity index (χ3v) is 6.20. The van der Waals surface area contributed by atoms with Gasteiger partial charge in [-0.2, -0.15) is 13.2 Å². The standard InChI is InChI=1S/C25H13ClF5N3O3/c26-16-3-2-13(27)9-15(16)22-19-17(7-10-1-4-18(35)33-21(10)20(19)24(37)34-22)32-23(36)11-5-12(25(29,30)31)8-14(28)6-11/h1-9,22H,(H,32,36)(H,33,35)(H,34,37). The zero-order valence-electron chi connectivity index (χ0n) is 18.3. The van der Waals surface area contributed by atoms with Gasteiger partial charge < -0.3 is 15.6 Å². The van der Waals surface area contributed by atoms with E-state index in [0.717, 1.165) is 12.1 Å². The van der Waals surface area contributed by atoms with Crippen molar-refractivity contribution in [3.8, 4) is 0 Å². The minimum atomic E-state index is -4.90. The van der Waals surface area contributed by atoms with Crippen LogP contribution in [0.15, 0.2) is 59.4 Å². The SMILES string of the molecule is O=C(Nc1cc2ccc(=O)[nH]c2c2c1C(c1cc(F)ccc1Cl)NC2=O)c1cc(F)cc(C(F)(F)F)c1. The van der Waals surface area contributed by atoms with Gasteiger partial charge in [0.05, 0.1) is 22.7 Å². The minimum absolute atomic E-state index is 0.0407. The van der Waals surface area contributed by atoms with Crippen LogP contribution in [0, 0.1) is 11.6 Å². The maximum atomic E-state index is 14.1. The zero-order valence-corrected chi connectivity index (χ0v) is 19.0. The van der Waals surface area contributed by atoms with Gasteiger partial charge in [-0.1, -0.05) is 11.6 Å². The highest BCUT2D eigenvalue weighted by atomic mass is 35.5. The number of hydrogen-bond donors (Lipinski definition) is 3. The summed E-state index contributed by atoms with van der Waals surface area (Å²) in [5, 5.41) is 5.46. The number of anilines is 1. The number of hydrogen-bond acceptors (Lipinski definition) is 3. The molecule has 12 heteroatoms. The van der Waals surface area contributed by atoms with Crippen LogP contribution in [0.5, 0.6) is 0 Å². The predicted molar refractivity (Wildman–Crippen MR) is 125 cm³/mol. The molecule has 0 fully saturated rings. The number of carbonyl (C=O) groups is 2. The fraction of sp³-hybridized carbons (Fsp3) is 0.0800. The van der Waals surface area contributed by atoms with Crippen LogP contribution in [0.25, 0.3) is 10.9 Å². The average molecular weight is 534 g/mol. The second kappa shape index (κ2) is 8.70. The summed E-state index contributed by atoms with van der Waals surface area (Å²) in [6.07, 6.45) is -4.90. The number of carbonyl (C=O) groups excluding carboxylic acids is 2. The van der Waals surface area contributed by atoms with Gasteiger partial charge in [0.1, 0.15) is 11.6 Å². The Morgan fingerprint density at radius 2 is 1.70 bits per heavy atom. The molecule has 6 nitrogen and oxygen atoms in total. The Labute approximate surface area is 209 Å². The first-order valence-electron chi connectivity index (χ1n) is 10.6. The number of H-pyrrole nitrogens is 1. The Morgan fingerprint density at radius 3 is 2.43 bits per heavy atom. The summed E-state index contributed by atoms with van der Waals surface area (Å²) in [5.74, 6) is -3.71. The number of nitrogens with one attached hydrogen (secondary N) is 3.